The maximum atomic E-state index is 12.5. The summed E-state index contributed by atoms with van der Waals surface area (Å²) >= 11 is 0. The van der Waals surface area contributed by atoms with Crippen LogP contribution in [0.4, 0.5) is 0 Å². The van der Waals surface area contributed by atoms with Gasteiger partial charge in [-0.25, -0.2) is 4.57 Å². The number of phosphoric ester groups is 1. The van der Waals surface area contributed by atoms with Gasteiger partial charge in [0.2, 0.25) is 0 Å². The van der Waals surface area contributed by atoms with E-state index < -0.39 is 50.6 Å². The normalized spacial score (nSPS) is 19.0. The van der Waals surface area contributed by atoms with Crippen molar-refractivity contribution in [2.24, 2.45) is 11.8 Å². The minimum atomic E-state index is -4.81. The fourth-order valence-electron chi connectivity index (χ4n) is 6.81. The van der Waals surface area contributed by atoms with Crippen molar-refractivity contribution in [3.05, 3.63) is 12.2 Å². The molecule has 0 bridgehead atoms. The lowest BCUT2D eigenvalue weighted by molar-refractivity contribution is -0.161. The maximum Gasteiger partial charge on any atom is 0.469 e. The molecule has 0 aromatic rings. The Morgan fingerprint density at radius 3 is 1.81 bits per heavy atom. The Hall–Kier alpha value is -1.62. The van der Waals surface area contributed by atoms with E-state index in [0.29, 0.717) is 32.1 Å². The van der Waals surface area contributed by atoms with E-state index in [4.69, 9.17) is 19.3 Å². The average molecular weight is 761 g/mol. The summed E-state index contributed by atoms with van der Waals surface area (Å²) in [4.78, 5) is 55.5. The molecule has 0 saturated heterocycles. The number of Topliss-reactive ketones (excluding diaryl/α,β-unsaturated/α-hetero) is 1. The van der Waals surface area contributed by atoms with E-state index in [1.807, 2.05) is 0 Å². The van der Waals surface area contributed by atoms with Crippen LogP contribution < -0.4 is 0 Å². The van der Waals surface area contributed by atoms with Crippen molar-refractivity contribution in [2.75, 3.05) is 13.2 Å². The molecule has 11 nitrogen and oxygen atoms in total. The van der Waals surface area contributed by atoms with Crippen LogP contribution in [0.3, 0.4) is 0 Å². The summed E-state index contributed by atoms with van der Waals surface area (Å²) in [7, 11) is -4.81. The molecule has 1 fully saturated rings. The number of aliphatic hydroxyl groups is 2. The van der Waals surface area contributed by atoms with Crippen LogP contribution >= 0.6 is 7.82 Å². The molecule has 0 heterocycles. The fourth-order valence-corrected chi connectivity index (χ4v) is 7.17. The van der Waals surface area contributed by atoms with Crippen molar-refractivity contribution in [3.8, 4) is 0 Å². The average Bonchev–Trinajstić information content (AvgIpc) is 3.37. The lowest BCUT2D eigenvalue weighted by Crippen LogP contribution is -2.29. The lowest BCUT2D eigenvalue weighted by atomic mass is 9.88. The van der Waals surface area contributed by atoms with Gasteiger partial charge in [-0.3, -0.25) is 18.9 Å². The van der Waals surface area contributed by atoms with Crippen molar-refractivity contribution < 1.29 is 52.9 Å². The van der Waals surface area contributed by atoms with E-state index in [1.54, 1.807) is 12.2 Å². The second-order valence-electron chi connectivity index (χ2n) is 14.8. The second-order valence-corrected chi connectivity index (χ2v) is 16.0. The molecule has 0 amide bonds. The summed E-state index contributed by atoms with van der Waals surface area (Å²) in [5.41, 5.74) is 0. The second kappa shape index (κ2) is 30.7. The predicted octanol–water partition coefficient (Wildman–Crippen LogP) is 8.83. The van der Waals surface area contributed by atoms with Gasteiger partial charge in [-0.2, -0.15) is 0 Å². The highest BCUT2D eigenvalue weighted by molar-refractivity contribution is 7.46. The molecule has 1 aliphatic rings. The largest absolute Gasteiger partial charge is 0.469 e. The molecule has 0 aliphatic heterocycles. The number of hydrogen-bond acceptors (Lipinski definition) is 9. The molecular formula is C40H73O11P. The number of allylic oxidation sites excluding steroid dienone is 1. The molecule has 1 rings (SSSR count). The molecule has 5 atom stereocenters. The number of carbonyl (C=O) groups is 3. The van der Waals surface area contributed by atoms with Gasteiger partial charge >= 0.3 is 19.8 Å². The molecule has 0 radical (unpaired) electrons. The van der Waals surface area contributed by atoms with E-state index in [-0.39, 0.29) is 37.6 Å². The van der Waals surface area contributed by atoms with Crippen LogP contribution in [0.25, 0.3) is 0 Å². The molecular weight excluding hydrogens is 687 g/mol. The zero-order valence-electron chi connectivity index (χ0n) is 32.4. The number of esters is 2. The third-order valence-electron chi connectivity index (χ3n) is 9.94. The molecule has 0 aromatic heterocycles. The third-order valence-corrected chi connectivity index (χ3v) is 10.4. The number of aliphatic hydroxyl groups excluding tert-OH is 2. The van der Waals surface area contributed by atoms with E-state index in [9.17, 15) is 29.2 Å². The summed E-state index contributed by atoms with van der Waals surface area (Å²) in [6, 6.07) is 0. The third kappa shape index (κ3) is 26.2. The van der Waals surface area contributed by atoms with E-state index in [1.165, 1.54) is 64.2 Å². The molecule has 0 unspecified atom stereocenters. The van der Waals surface area contributed by atoms with Gasteiger partial charge in [0.1, 0.15) is 12.4 Å². The van der Waals surface area contributed by atoms with Crippen molar-refractivity contribution in [1.29, 1.82) is 0 Å². The number of ether oxygens (including phenoxy) is 2. The highest BCUT2D eigenvalue weighted by atomic mass is 31.2. The maximum absolute atomic E-state index is 12.5. The zero-order chi connectivity index (χ0) is 38.5. The summed E-state index contributed by atoms with van der Waals surface area (Å²) in [5.74, 6) is -1.63. The number of carbonyl (C=O) groups excluding carboxylic acids is 3. The molecule has 0 aromatic carbocycles. The minimum Gasteiger partial charge on any atom is -0.462 e. The van der Waals surface area contributed by atoms with Gasteiger partial charge in [-0.05, 0) is 31.6 Å². The molecule has 12 heteroatoms. The van der Waals surface area contributed by atoms with Crippen LogP contribution in [0.5, 0.6) is 0 Å². The number of rotatable bonds is 34. The minimum absolute atomic E-state index is 0.00460. The lowest BCUT2D eigenvalue weighted by Gasteiger charge is -2.19. The van der Waals surface area contributed by atoms with Crippen LogP contribution in [0.2, 0.25) is 0 Å². The van der Waals surface area contributed by atoms with Gasteiger partial charge in [0.15, 0.2) is 6.10 Å². The predicted molar refractivity (Wildman–Crippen MR) is 203 cm³/mol. The van der Waals surface area contributed by atoms with Crippen LogP contribution in [-0.2, 0) is 32.9 Å². The van der Waals surface area contributed by atoms with Crippen LogP contribution in [0, 0.1) is 11.8 Å². The smallest absolute Gasteiger partial charge is 0.462 e. The van der Waals surface area contributed by atoms with Gasteiger partial charge in [-0.15, -0.1) is 0 Å². The number of unbranched alkanes of at least 4 members (excludes halogenated alkanes) is 18. The monoisotopic (exact) mass is 760 g/mol. The highest BCUT2D eigenvalue weighted by Crippen LogP contribution is 2.36. The van der Waals surface area contributed by atoms with Gasteiger partial charge in [-0.1, -0.05) is 148 Å². The fraction of sp³-hybridized carbons (Fsp3) is 0.875. The Labute approximate surface area is 314 Å². The van der Waals surface area contributed by atoms with Crippen molar-refractivity contribution in [2.45, 2.75) is 199 Å². The Morgan fingerprint density at radius 2 is 1.25 bits per heavy atom. The summed E-state index contributed by atoms with van der Waals surface area (Å²) in [6.45, 7) is 3.39. The van der Waals surface area contributed by atoms with E-state index in [0.717, 1.165) is 51.4 Å². The molecule has 52 heavy (non-hydrogen) atoms. The topological polar surface area (TPSA) is 177 Å². The van der Waals surface area contributed by atoms with Crippen molar-refractivity contribution >= 4 is 25.5 Å². The zero-order valence-corrected chi connectivity index (χ0v) is 33.3. The number of ketones is 1. The first kappa shape index (κ1) is 48.4. The van der Waals surface area contributed by atoms with E-state index in [2.05, 4.69) is 18.4 Å². The number of hydrogen-bond donors (Lipinski definition) is 4. The first-order valence-corrected chi connectivity index (χ1v) is 22.1. The molecule has 1 aliphatic carbocycles. The SMILES string of the molecule is CCCCCCCCCCCCCCCCC(=O)OC[C@H](COP(=O)(O)O)OC(=O)CCCCCC[C@H]1[C@@H](O)CC(=O)[C@@H]1/C=C/[C@@H](O)CCCCC. The van der Waals surface area contributed by atoms with Crippen LogP contribution in [-0.4, -0.2) is 69.2 Å². The van der Waals surface area contributed by atoms with Gasteiger partial charge in [0.25, 0.3) is 0 Å². The summed E-state index contributed by atoms with van der Waals surface area (Å²) in [6.07, 6.45) is 25.5. The van der Waals surface area contributed by atoms with Crippen LogP contribution in [0.1, 0.15) is 181 Å². The molecule has 0 spiro atoms. The summed E-state index contributed by atoms with van der Waals surface area (Å²) in [5, 5.41) is 20.7. The van der Waals surface area contributed by atoms with Crippen molar-refractivity contribution in [1.82, 2.24) is 0 Å². The quantitative estimate of drug-likeness (QED) is 0.0213. The molecule has 1 saturated carbocycles. The first-order chi connectivity index (χ1) is 25.0. The highest BCUT2D eigenvalue weighted by Gasteiger charge is 2.39. The van der Waals surface area contributed by atoms with Gasteiger partial charge in [0.05, 0.1) is 18.8 Å². The van der Waals surface area contributed by atoms with Crippen molar-refractivity contribution in [3.63, 3.8) is 0 Å². The van der Waals surface area contributed by atoms with Gasteiger partial charge < -0.3 is 29.5 Å². The standard InChI is InChI=1S/C40H73O11P/c1-3-5-7-8-9-10-11-12-13-14-15-16-17-22-26-39(44)49-31-34(32-50-52(46,47)48)51-40(45)27-23-19-18-21-25-35-36(38(43)30-37(35)42)29-28-33(41)24-20-6-4-2/h28-29,33-37,41-42H,3-27,30-32H2,1-2H3,(H2,46,47,48)/b29-28+/t33-,34+,35+,36+,37-/m0/s1. The Balaban J connectivity index is 2.27. The van der Waals surface area contributed by atoms with E-state index >= 15 is 0 Å². The first-order valence-electron chi connectivity index (χ1n) is 20.6. The van der Waals surface area contributed by atoms with Gasteiger partial charge in [0, 0.05) is 25.2 Å². The Kier molecular flexibility index (Phi) is 28.6. The number of phosphoric acid groups is 1. The molecule has 304 valence electrons. The Morgan fingerprint density at radius 1 is 0.750 bits per heavy atom. The molecule has 4 N–H and O–H groups in total. The van der Waals surface area contributed by atoms with Crippen LogP contribution in [0.15, 0.2) is 12.2 Å². The summed E-state index contributed by atoms with van der Waals surface area (Å²) < 4.78 is 26.4. The Bertz CT molecular complexity index is 1010.